The van der Waals surface area contributed by atoms with Crippen LogP contribution in [0.15, 0.2) is 125 Å². The largest absolute Gasteiger partial charge is 0.494 e. The van der Waals surface area contributed by atoms with Crippen LogP contribution < -0.4 is 15.8 Å². The van der Waals surface area contributed by atoms with Gasteiger partial charge in [-0.1, -0.05) is 80.6 Å². The first-order valence-electron chi connectivity index (χ1n) is 19.9. The number of para-hydroxylation sites is 4. The van der Waals surface area contributed by atoms with Gasteiger partial charge in [-0.05, 0) is 85.8 Å². The van der Waals surface area contributed by atoms with Gasteiger partial charge in [-0.3, -0.25) is 29.1 Å². The molecule has 11 rings (SSSR count). The third-order valence-electron chi connectivity index (χ3n) is 12.1. The number of aromatic hydroxyl groups is 1. The van der Waals surface area contributed by atoms with Crippen molar-refractivity contribution in [2.24, 2.45) is 22.7 Å². The summed E-state index contributed by atoms with van der Waals surface area (Å²) in [6.45, 7) is 8.19. The molecular weight excluding hydrogens is 741 g/mol. The lowest BCUT2D eigenvalue weighted by molar-refractivity contribution is -0.123. The number of benzene rings is 5. The highest BCUT2D eigenvalue weighted by Crippen LogP contribution is 2.56. The molecule has 4 aliphatic rings. The molecule has 2 unspecified atom stereocenters. The molecule has 0 saturated carbocycles. The van der Waals surface area contributed by atoms with Gasteiger partial charge in [-0.15, -0.1) is 0 Å². The van der Waals surface area contributed by atoms with Crippen LogP contribution >= 0.6 is 0 Å². The zero-order valence-corrected chi connectivity index (χ0v) is 32.9. The highest BCUT2D eigenvalue weighted by molar-refractivity contribution is 6.56. The fourth-order valence-corrected chi connectivity index (χ4v) is 9.86. The highest BCUT2D eigenvalue weighted by atomic mass is 16.3. The second-order valence-electron chi connectivity index (χ2n) is 16.4. The van der Waals surface area contributed by atoms with Gasteiger partial charge in [0.15, 0.2) is 5.88 Å². The number of rotatable bonds is 4. The Labute approximate surface area is 339 Å². The Morgan fingerprint density at radius 3 is 2.24 bits per heavy atom. The van der Waals surface area contributed by atoms with Crippen LogP contribution in [0.4, 0.5) is 11.4 Å². The molecule has 1 spiro atoms. The number of H-pyrrole nitrogens is 1. The predicted octanol–water partition coefficient (Wildman–Crippen LogP) is 7.57. The minimum atomic E-state index is -1.11. The van der Waals surface area contributed by atoms with Gasteiger partial charge < -0.3 is 10.1 Å². The minimum absolute atomic E-state index is 0.0221. The number of amides is 2. The van der Waals surface area contributed by atoms with Crippen molar-refractivity contribution in [3.05, 3.63) is 159 Å². The van der Waals surface area contributed by atoms with Crippen LogP contribution in [0, 0.1) is 31.6 Å². The maximum Gasteiger partial charge on any atom is 0.266 e. The van der Waals surface area contributed by atoms with E-state index in [9.17, 15) is 24.3 Å². The third kappa shape index (κ3) is 5.31. The van der Waals surface area contributed by atoms with E-state index in [2.05, 4.69) is 29.1 Å². The number of anilines is 1. The SMILES string of the molecule is Cc1cc(C)cc(N2C(=O)[C@H]3C(CC(C)C)NC4(c5ccccc5-n5c4nc4ccccc4c5=O)[C@H]3C2=O)c1.O=C1C(c2c(O)[nH]c3ccccc23)=Nc2ccccc21. The molecule has 59 heavy (non-hydrogen) atoms. The summed E-state index contributed by atoms with van der Waals surface area (Å²) in [4.78, 5) is 68.8. The molecule has 2 amide bonds. The average Bonchev–Trinajstić information content (AvgIpc) is 3.97. The molecule has 2 fully saturated rings. The van der Waals surface area contributed by atoms with Gasteiger partial charge in [-0.25, -0.2) is 14.9 Å². The Kier molecular flexibility index (Phi) is 8.19. The monoisotopic (exact) mass is 780 g/mol. The lowest BCUT2D eigenvalue weighted by Gasteiger charge is -2.32. The molecule has 4 atom stereocenters. The molecule has 5 aromatic carbocycles. The smallest absolute Gasteiger partial charge is 0.266 e. The van der Waals surface area contributed by atoms with Gasteiger partial charge in [0.05, 0.1) is 45.4 Å². The van der Waals surface area contributed by atoms with Gasteiger partial charge in [0, 0.05) is 28.1 Å². The Morgan fingerprint density at radius 2 is 1.47 bits per heavy atom. The standard InChI is InChI=1S/C32H30N4O3.C16H10N2O2/c1-17(2)13-24-26-27(30(39)35(29(26)38)20-15-18(3)14-19(4)16-20)32(34-24)22-10-6-8-12-25(22)36-28(37)21-9-5-7-11-23(21)33-31(32)36;19-15-10-6-2-4-8-12(10)17-14(15)13-9-5-1-3-7-11(9)18-16(13)20/h5-12,14-17,24,26-27,34H,13H2,1-4H3;1-8,18,20H/t24?,26-,27+,32?;/m0./s1. The summed E-state index contributed by atoms with van der Waals surface area (Å²) in [6, 6.07) is 35.2. The topological polar surface area (TPSA) is 150 Å². The minimum Gasteiger partial charge on any atom is -0.494 e. The molecule has 0 bridgehead atoms. The van der Waals surface area contributed by atoms with Crippen molar-refractivity contribution in [3.8, 4) is 11.6 Å². The number of hydrogen-bond donors (Lipinski definition) is 3. The van der Waals surface area contributed by atoms with Gasteiger partial charge in [0.1, 0.15) is 17.1 Å². The number of nitrogens with one attached hydrogen (secondary N) is 2. The van der Waals surface area contributed by atoms with E-state index in [1.54, 1.807) is 22.8 Å². The number of nitrogens with zero attached hydrogens (tertiary/aromatic N) is 4. The van der Waals surface area contributed by atoms with Crippen molar-refractivity contribution in [1.82, 2.24) is 19.9 Å². The van der Waals surface area contributed by atoms with E-state index in [0.717, 1.165) is 27.6 Å². The van der Waals surface area contributed by atoms with E-state index in [1.165, 1.54) is 4.90 Å². The summed E-state index contributed by atoms with van der Waals surface area (Å²) in [5.41, 5.74) is 6.18. The predicted molar refractivity (Wildman–Crippen MR) is 227 cm³/mol. The zero-order chi connectivity index (χ0) is 40.9. The molecule has 0 aliphatic carbocycles. The lowest BCUT2D eigenvalue weighted by atomic mass is 9.75. The normalized spacial score (nSPS) is 21.2. The summed E-state index contributed by atoms with van der Waals surface area (Å²) in [5.74, 6) is -1.16. The molecule has 0 radical (unpaired) electrons. The van der Waals surface area contributed by atoms with Crippen LogP contribution in [0.2, 0.25) is 0 Å². The number of carbonyl (C=O) groups is 3. The molecule has 292 valence electrons. The summed E-state index contributed by atoms with van der Waals surface area (Å²) >= 11 is 0. The van der Waals surface area contributed by atoms with E-state index in [-0.39, 0.29) is 35.1 Å². The van der Waals surface area contributed by atoms with Crippen LogP contribution in [0.1, 0.15) is 58.7 Å². The molecule has 7 aromatic rings. The first kappa shape index (κ1) is 36.4. The lowest BCUT2D eigenvalue weighted by Crippen LogP contribution is -2.50. The van der Waals surface area contributed by atoms with Crippen LogP contribution in [-0.4, -0.2) is 49.0 Å². The Morgan fingerprint density at radius 1 is 0.797 bits per heavy atom. The highest BCUT2D eigenvalue weighted by Gasteiger charge is 2.69. The quantitative estimate of drug-likeness (QED) is 0.156. The number of fused-ring (bicyclic) bond motifs is 10. The number of imide groups is 1. The molecule has 6 heterocycles. The molecule has 11 heteroatoms. The molecule has 11 nitrogen and oxygen atoms in total. The van der Waals surface area contributed by atoms with E-state index < -0.39 is 17.4 Å². The van der Waals surface area contributed by atoms with E-state index >= 15 is 0 Å². The van der Waals surface area contributed by atoms with Gasteiger partial charge in [0.25, 0.3) is 5.56 Å². The van der Waals surface area contributed by atoms with E-state index in [0.29, 0.717) is 63.0 Å². The van der Waals surface area contributed by atoms with Crippen LogP contribution in [0.3, 0.4) is 0 Å². The van der Waals surface area contributed by atoms with Crippen LogP contribution in [0.5, 0.6) is 5.88 Å². The number of aromatic amines is 1. The Hall–Kier alpha value is -6.98. The summed E-state index contributed by atoms with van der Waals surface area (Å²) in [5, 5.41) is 15.2. The second-order valence-corrected chi connectivity index (χ2v) is 16.4. The molecule has 2 saturated heterocycles. The molecule has 4 aliphatic heterocycles. The number of hydrogen-bond acceptors (Lipinski definition) is 8. The number of aryl methyl sites for hydroxylation is 2. The number of Topliss-reactive ketones (excluding diaryl/α,β-unsaturated/α-hetero) is 1. The van der Waals surface area contributed by atoms with E-state index in [4.69, 9.17) is 4.98 Å². The summed E-state index contributed by atoms with van der Waals surface area (Å²) < 4.78 is 1.65. The van der Waals surface area contributed by atoms with E-state index in [1.807, 2.05) is 111 Å². The Bertz CT molecular complexity index is 3030. The van der Waals surface area contributed by atoms with Crippen molar-refractivity contribution in [2.45, 2.75) is 45.7 Å². The van der Waals surface area contributed by atoms with Crippen molar-refractivity contribution in [2.75, 3.05) is 4.90 Å². The molecule has 2 aromatic heterocycles. The Balaban J connectivity index is 0.000000176. The van der Waals surface area contributed by atoms with Crippen molar-refractivity contribution in [1.29, 1.82) is 0 Å². The fraction of sp³-hybridized carbons (Fsp3) is 0.208. The maximum atomic E-state index is 14.5. The number of aliphatic imine (C=N–C) groups is 1. The van der Waals surface area contributed by atoms with Crippen LogP contribution in [-0.2, 0) is 15.1 Å². The average molecular weight is 781 g/mol. The number of ketones is 1. The molecular formula is C48H40N6O5. The zero-order valence-electron chi connectivity index (χ0n) is 32.9. The third-order valence-corrected chi connectivity index (χ3v) is 12.1. The fourth-order valence-electron chi connectivity index (χ4n) is 9.86. The number of aromatic nitrogens is 3. The van der Waals surface area contributed by atoms with Gasteiger partial charge >= 0.3 is 0 Å². The first-order chi connectivity index (χ1) is 28.5. The van der Waals surface area contributed by atoms with Crippen molar-refractivity contribution < 1.29 is 19.5 Å². The van der Waals surface area contributed by atoms with Gasteiger partial charge in [0.2, 0.25) is 17.6 Å². The van der Waals surface area contributed by atoms with Crippen LogP contribution in [0.25, 0.3) is 27.5 Å². The summed E-state index contributed by atoms with van der Waals surface area (Å²) in [6.07, 6.45) is 0.711. The molecule has 3 N–H and O–H groups in total. The maximum absolute atomic E-state index is 14.5. The van der Waals surface area contributed by atoms with Crippen molar-refractivity contribution in [3.63, 3.8) is 0 Å². The second kappa shape index (κ2) is 13.3. The first-order valence-corrected chi connectivity index (χ1v) is 19.9. The van der Waals surface area contributed by atoms with Gasteiger partial charge in [-0.2, -0.15) is 0 Å². The van der Waals surface area contributed by atoms with Crippen molar-refractivity contribution >= 4 is 56.5 Å². The number of carbonyl (C=O) groups excluding carboxylic acids is 3. The summed E-state index contributed by atoms with van der Waals surface area (Å²) in [7, 11) is 0.